The Morgan fingerprint density at radius 3 is 2.88 bits per heavy atom. The normalized spacial score (nSPS) is 21.7. The van der Waals surface area contributed by atoms with E-state index in [1.807, 2.05) is 6.26 Å². The van der Waals surface area contributed by atoms with Crippen molar-refractivity contribution in [2.45, 2.75) is 31.3 Å². The first-order chi connectivity index (χ1) is 7.65. The van der Waals surface area contributed by atoms with Crippen molar-refractivity contribution in [2.75, 3.05) is 18.6 Å². The molecule has 1 aliphatic rings. The molecular formula is C10H18N2O3S. The summed E-state index contributed by atoms with van der Waals surface area (Å²) in [7, 11) is 0. The average molecular weight is 246 g/mol. The van der Waals surface area contributed by atoms with E-state index in [-0.39, 0.29) is 11.9 Å². The van der Waals surface area contributed by atoms with Crippen LogP contribution in [0.2, 0.25) is 0 Å². The smallest absolute Gasteiger partial charge is 0.326 e. The second kappa shape index (κ2) is 6.75. The molecule has 3 N–H and O–H groups in total. The highest BCUT2D eigenvalue weighted by Gasteiger charge is 2.26. The maximum absolute atomic E-state index is 11.7. The molecule has 2 unspecified atom stereocenters. The predicted octanol–water partition coefficient (Wildman–Crippen LogP) is 0.0609. The summed E-state index contributed by atoms with van der Waals surface area (Å²) >= 11 is 1.58. The van der Waals surface area contributed by atoms with Crippen molar-refractivity contribution in [1.29, 1.82) is 0 Å². The Bertz CT molecular complexity index is 254. The second-order valence-electron chi connectivity index (χ2n) is 3.83. The predicted molar refractivity (Wildman–Crippen MR) is 63.6 cm³/mol. The lowest BCUT2D eigenvalue weighted by atomic mass is 10.1. The lowest BCUT2D eigenvalue weighted by Gasteiger charge is -2.17. The summed E-state index contributed by atoms with van der Waals surface area (Å²) in [5.41, 5.74) is 0. The van der Waals surface area contributed by atoms with E-state index >= 15 is 0 Å². The Morgan fingerprint density at radius 1 is 1.62 bits per heavy atom. The Morgan fingerprint density at radius 2 is 2.38 bits per heavy atom. The summed E-state index contributed by atoms with van der Waals surface area (Å²) in [6.07, 6.45) is 4.15. The van der Waals surface area contributed by atoms with Gasteiger partial charge in [0.15, 0.2) is 0 Å². The zero-order valence-corrected chi connectivity index (χ0v) is 10.2. The number of thioether (sulfide) groups is 1. The monoisotopic (exact) mass is 246 g/mol. The molecule has 0 spiro atoms. The minimum atomic E-state index is -0.958. The third kappa shape index (κ3) is 4.02. The number of rotatable bonds is 6. The van der Waals surface area contributed by atoms with Crippen molar-refractivity contribution >= 4 is 23.6 Å². The van der Waals surface area contributed by atoms with Crippen molar-refractivity contribution in [3.63, 3.8) is 0 Å². The van der Waals surface area contributed by atoms with E-state index in [0.717, 1.165) is 25.1 Å². The van der Waals surface area contributed by atoms with Gasteiger partial charge in [-0.25, -0.2) is 4.79 Å². The Labute approximate surface area is 99.4 Å². The molecule has 16 heavy (non-hydrogen) atoms. The third-order valence-corrected chi connectivity index (χ3v) is 3.25. The quantitative estimate of drug-likeness (QED) is 0.618. The number of carboxylic acid groups (broad SMARTS) is 1. The molecule has 0 aromatic carbocycles. The van der Waals surface area contributed by atoms with Crippen molar-refractivity contribution in [1.82, 2.24) is 10.6 Å². The standard InChI is InChI=1S/C10H18N2O3S/c1-16-6-4-8(10(14)15)12-9(13)7-3-2-5-11-7/h7-8,11H,2-6H2,1H3,(H,12,13)(H,14,15). The lowest BCUT2D eigenvalue weighted by molar-refractivity contribution is -0.142. The second-order valence-corrected chi connectivity index (χ2v) is 4.82. The first kappa shape index (κ1) is 13.3. The van der Waals surface area contributed by atoms with Crippen LogP contribution in [0.15, 0.2) is 0 Å². The van der Waals surface area contributed by atoms with Gasteiger partial charge in [0, 0.05) is 0 Å². The number of carbonyl (C=O) groups excluding carboxylic acids is 1. The van der Waals surface area contributed by atoms with E-state index in [4.69, 9.17) is 5.11 Å². The van der Waals surface area contributed by atoms with Crippen LogP contribution < -0.4 is 10.6 Å². The topological polar surface area (TPSA) is 78.4 Å². The fraction of sp³-hybridized carbons (Fsp3) is 0.800. The Balaban J connectivity index is 2.40. The SMILES string of the molecule is CSCCC(NC(=O)C1CCCN1)C(=O)O. The van der Waals surface area contributed by atoms with E-state index < -0.39 is 12.0 Å². The number of nitrogens with one attached hydrogen (secondary N) is 2. The molecule has 0 saturated carbocycles. The van der Waals surface area contributed by atoms with Crippen LogP contribution in [0.4, 0.5) is 0 Å². The average Bonchev–Trinajstić information content (AvgIpc) is 2.76. The number of hydrogen-bond acceptors (Lipinski definition) is 4. The zero-order valence-electron chi connectivity index (χ0n) is 9.36. The number of carbonyl (C=O) groups is 2. The maximum atomic E-state index is 11.7. The lowest BCUT2D eigenvalue weighted by Crippen LogP contribution is -2.48. The van der Waals surface area contributed by atoms with Crippen LogP contribution in [-0.2, 0) is 9.59 Å². The molecule has 92 valence electrons. The largest absolute Gasteiger partial charge is 0.480 e. The molecule has 0 aromatic rings. The van der Waals surface area contributed by atoms with Gasteiger partial charge < -0.3 is 15.7 Å². The molecule has 0 aromatic heterocycles. The summed E-state index contributed by atoms with van der Waals surface area (Å²) in [5, 5.41) is 14.6. The molecule has 1 saturated heterocycles. The van der Waals surface area contributed by atoms with Gasteiger partial charge in [0.25, 0.3) is 0 Å². The van der Waals surface area contributed by atoms with E-state index in [9.17, 15) is 9.59 Å². The van der Waals surface area contributed by atoms with Crippen molar-refractivity contribution in [3.8, 4) is 0 Å². The molecule has 6 heteroatoms. The minimum Gasteiger partial charge on any atom is -0.480 e. The molecule has 1 amide bonds. The van der Waals surface area contributed by atoms with Crippen LogP contribution in [0.5, 0.6) is 0 Å². The minimum absolute atomic E-state index is 0.189. The number of aliphatic carboxylic acids is 1. The fourth-order valence-electron chi connectivity index (χ4n) is 1.67. The number of amides is 1. The van der Waals surface area contributed by atoms with Crippen molar-refractivity contribution < 1.29 is 14.7 Å². The first-order valence-electron chi connectivity index (χ1n) is 5.40. The molecule has 1 heterocycles. The molecule has 0 aliphatic carbocycles. The van der Waals surface area contributed by atoms with Gasteiger partial charge in [0.1, 0.15) is 6.04 Å². The maximum Gasteiger partial charge on any atom is 0.326 e. The van der Waals surface area contributed by atoms with Crippen LogP contribution >= 0.6 is 11.8 Å². The van der Waals surface area contributed by atoms with Gasteiger partial charge in [-0.2, -0.15) is 11.8 Å². The molecule has 1 fully saturated rings. The van der Waals surface area contributed by atoms with E-state index in [0.29, 0.717) is 6.42 Å². The van der Waals surface area contributed by atoms with Gasteiger partial charge in [0.2, 0.25) is 5.91 Å². The molecule has 0 radical (unpaired) electrons. The highest BCUT2D eigenvalue weighted by molar-refractivity contribution is 7.98. The number of carboxylic acids is 1. The van der Waals surface area contributed by atoms with Gasteiger partial charge in [-0.05, 0) is 37.8 Å². The molecule has 0 bridgehead atoms. The van der Waals surface area contributed by atoms with Crippen LogP contribution in [0.1, 0.15) is 19.3 Å². The van der Waals surface area contributed by atoms with Gasteiger partial charge in [-0.15, -0.1) is 0 Å². The van der Waals surface area contributed by atoms with E-state index in [1.165, 1.54) is 0 Å². The Hall–Kier alpha value is -0.750. The van der Waals surface area contributed by atoms with E-state index in [1.54, 1.807) is 11.8 Å². The third-order valence-electron chi connectivity index (χ3n) is 2.60. The van der Waals surface area contributed by atoms with Gasteiger partial charge >= 0.3 is 5.97 Å². The molecule has 2 atom stereocenters. The molecular weight excluding hydrogens is 228 g/mol. The van der Waals surface area contributed by atoms with Crippen LogP contribution in [0.25, 0.3) is 0 Å². The van der Waals surface area contributed by atoms with Crippen molar-refractivity contribution in [3.05, 3.63) is 0 Å². The van der Waals surface area contributed by atoms with Crippen molar-refractivity contribution in [2.24, 2.45) is 0 Å². The molecule has 1 aliphatic heterocycles. The first-order valence-corrected chi connectivity index (χ1v) is 6.80. The number of hydrogen-bond donors (Lipinski definition) is 3. The van der Waals surface area contributed by atoms with E-state index in [2.05, 4.69) is 10.6 Å². The van der Waals surface area contributed by atoms with Gasteiger partial charge in [-0.3, -0.25) is 4.79 Å². The molecule has 5 nitrogen and oxygen atoms in total. The zero-order chi connectivity index (χ0) is 12.0. The van der Waals surface area contributed by atoms with Crippen LogP contribution in [0.3, 0.4) is 0 Å². The summed E-state index contributed by atoms with van der Waals surface area (Å²) in [4.78, 5) is 22.6. The fourth-order valence-corrected chi connectivity index (χ4v) is 2.15. The van der Waals surface area contributed by atoms with Crippen LogP contribution in [0, 0.1) is 0 Å². The highest BCUT2D eigenvalue weighted by atomic mass is 32.2. The summed E-state index contributed by atoms with van der Waals surface area (Å²) in [5.74, 6) is -0.415. The summed E-state index contributed by atoms with van der Waals surface area (Å²) in [6.45, 7) is 0.834. The molecule has 1 rings (SSSR count). The Kier molecular flexibility index (Phi) is 5.62. The summed E-state index contributed by atoms with van der Waals surface area (Å²) in [6, 6.07) is -0.974. The van der Waals surface area contributed by atoms with Gasteiger partial charge in [0.05, 0.1) is 6.04 Å². The summed E-state index contributed by atoms with van der Waals surface area (Å²) < 4.78 is 0. The van der Waals surface area contributed by atoms with Crippen LogP contribution in [-0.4, -0.2) is 47.6 Å². The van der Waals surface area contributed by atoms with Gasteiger partial charge in [-0.1, -0.05) is 0 Å². The highest BCUT2D eigenvalue weighted by Crippen LogP contribution is 2.06.